The van der Waals surface area contributed by atoms with E-state index in [0.717, 1.165) is 0 Å². The Hall–Kier alpha value is -2.37. The molecule has 2 aromatic rings. The normalized spacial score (nSPS) is 12.4. The van der Waals surface area contributed by atoms with Crippen molar-refractivity contribution in [1.29, 1.82) is 0 Å². The highest BCUT2D eigenvalue weighted by molar-refractivity contribution is 6.00. The third-order valence-electron chi connectivity index (χ3n) is 2.84. The minimum Gasteiger partial charge on any atom is -0.480 e. The van der Waals surface area contributed by atoms with Crippen LogP contribution < -0.4 is 5.32 Å². The van der Waals surface area contributed by atoms with Crippen LogP contribution in [0.3, 0.4) is 0 Å². The molecule has 0 spiro atoms. The Bertz CT molecular complexity index is 662. The standard InChI is InChI=1S/C13H12FNO4/c1-6-8-4-3-5-9(14)11(8)19-10(6)12(16)15-7(2)13(17)18/h3-5,7H,1-2H3,(H,15,16)(H,17,18). The number of nitrogens with one attached hydrogen (secondary N) is 1. The second-order valence-corrected chi connectivity index (χ2v) is 4.21. The van der Waals surface area contributed by atoms with Gasteiger partial charge >= 0.3 is 5.97 Å². The second kappa shape index (κ2) is 4.72. The predicted octanol–water partition coefficient (Wildman–Crippen LogP) is 2.08. The van der Waals surface area contributed by atoms with Crippen LogP contribution in [0.1, 0.15) is 23.0 Å². The Morgan fingerprint density at radius 2 is 2.11 bits per heavy atom. The van der Waals surface area contributed by atoms with Crippen molar-refractivity contribution < 1.29 is 23.5 Å². The maximum atomic E-state index is 13.5. The molecule has 19 heavy (non-hydrogen) atoms. The molecule has 2 N–H and O–H groups in total. The molecule has 0 aliphatic rings. The number of carboxylic acid groups (broad SMARTS) is 1. The minimum absolute atomic E-state index is 0.00636. The summed E-state index contributed by atoms with van der Waals surface area (Å²) in [5.41, 5.74) is 0.470. The van der Waals surface area contributed by atoms with Crippen LogP contribution in [0.2, 0.25) is 0 Å². The van der Waals surface area contributed by atoms with Crippen LogP contribution in [-0.2, 0) is 4.79 Å². The number of benzene rings is 1. The number of carboxylic acids is 1. The zero-order valence-corrected chi connectivity index (χ0v) is 10.4. The molecule has 1 heterocycles. The van der Waals surface area contributed by atoms with Crippen molar-refractivity contribution in [3.8, 4) is 0 Å². The number of rotatable bonds is 3. The highest BCUT2D eigenvalue weighted by Gasteiger charge is 2.22. The molecule has 1 amide bonds. The van der Waals surface area contributed by atoms with Gasteiger partial charge in [0.25, 0.3) is 5.91 Å². The van der Waals surface area contributed by atoms with Crippen LogP contribution in [0.15, 0.2) is 22.6 Å². The largest absolute Gasteiger partial charge is 0.480 e. The number of hydrogen-bond donors (Lipinski definition) is 2. The third kappa shape index (κ3) is 2.29. The molecule has 0 aliphatic carbocycles. The summed E-state index contributed by atoms with van der Waals surface area (Å²) in [6, 6.07) is 3.33. The fraction of sp³-hybridized carbons (Fsp3) is 0.231. The molecule has 1 aromatic heterocycles. The number of amides is 1. The average molecular weight is 265 g/mol. The molecule has 0 bridgehead atoms. The maximum Gasteiger partial charge on any atom is 0.325 e. The van der Waals surface area contributed by atoms with Gasteiger partial charge in [0, 0.05) is 10.9 Å². The number of carbonyl (C=O) groups excluding carboxylic acids is 1. The molecule has 5 nitrogen and oxygen atoms in total. The fourth-order valence-corrected chi connectivity index (χ4v) is 1.75. The number of furan rings is 1. The van der Waals surface area contributed by atoms with Crippen LogP contribution in [0.4, 0.5) is 4.39 Å². The van der Waals surface area contributed by atoms with Crippen LogP contribution in [0.5, 0.6) is 0 Å². The monoisotopic (exact) mass is 265 g/mol. The zero-order chi connectivity index (χ0) is 14.2. The summed E-state index contributed by atoms with van der Waals surface area (Å²) in [4.78, 5) is 22.5. The number of hydrogen-bond acceptors (Lipinski definition) is 3. The Morgan fingerprint density at radius 1 is 1.42 bits per heavy atom. The Kier molecular flexibility index (Phi) is 3.25. The van der Waals surface area contributed by atoms with Gasteiger partial charge < -0.3 is 14.8 Å². The van der Waals surface area contributed by atoms with Gasteiger partial charge in [-0.3, -0.25) is 9.59 Å². The van der Waals surface area contributed by atoms with Gasteiger partial charge in [-0.15, -0.1) is 0 Å². The van der Waals surface area contributed by atoms with Gasteiger partial charge in [0.1, 0.15) is 6.04 Å². The molecular weight excluding hydrogens is 253 g/mol. The van der Waals surface area contributed by atoms with E-state index in [4.69, 9.17) is 9.52 Å². The van der Waals surface area contributed by atoms with E-state index < -0.39 is 23.7 Å². The van der Waals surface area contributed by atoms with Crippen molar-refractivity contribution in [2.24, 2.45) is 0 Å². The Morgan fingerprint density at radius 3 is 2.68 bits per heavy atom. The molecule has 0 saturated heterocycles. The van der Waals surface area contributed by atoms with Crippen molar-refractivity contribution in [2.45, 2.75) is 19.9 Å². The lowest BCUT2D eigenvalue weighted by Gasteiger charge is -2.07. The van der Waals surface area contributed by atoms with E-state index in [0.29, 0.717) is 10.9 Å². The maximum absolute atomic E-state index is 13.5. The van der Waals surface area contributed by atoms with Gasteiger partial charge in [-0.05, 0) is 19.9 Å². The number of para-hydroxylation sites is 1. The van der Waals surface area contributed by atoms with Crippen LogP contribution >= 0.6 is 0 Å². The highest BCUT2D eigenvalue weighted by atomic mass is 19.1. The minimum atomic E-state index is -1.16. The van der Waals surface area contributed by atoms with Crippen LogP contribution in [-0.4, -0.2) is 23.0 Å². The summed E-state index contributed by atoms with van der Waals surface area (Å²) in [6.07, 6.45) is 0. The fourth-order valence-electron chi connectivity index (χ4n) is 1.75. The van der Waals surface area contributed by atoms with E-state index in [1.807, 2.05) is 0 Å². The van der Waals surface area contributed by atoms with Gasteiger partial charge in [0.15, 0.2) is 17.2 Å². The molecule has 2 rings (SSSR count). The first-order valence-electron chi connectivity index (χ1n) is 5.63. The SMILES string of the molecule is Cc1c(C(=O)NC(C)C(=O)O)oc2c(F)cccc12. The summed E-state index contributed by atoms with van der Waals surface area (Å²) >= 11 is 0. The molecule has 0 aliphatic heterocycles. The van der Waals surface area contributed by atoms with Gasteiger partial charge in [-0.25, -0.2) is 4.39 Å². The molecule has 0 radical (unpaired) electrons. The summed E-state index contributed by atoms with van der Waals surface area (Å²) in [6.45, 7) is 2.95. The smallest absolute Gasteiger partial charge is 0.325 e. The first-order valence-corrected chi connectivity index (χ1v) is 5.63. The molecule has 1 unspecified atom stereocenters. The van der Waals surface area contributed by atoms with Gasteiger partial charge in [-0.1, -0.05) is 12.1 Å². The highest BCUT2D eigenvalue weighted by Crippen LogP contribution is 2.27. The van der Waals surface area contributed by atoms with Crippen molar-refractivity contribution in [3.63, 3.8) is 0 Å². The zero-order valence-electron chi connectivity index (χ0n) is 10.4. The van der Waals surface area contributed by atoms with Gasteiger partial charge in [-0.2, -0.15) is 0 Å². The summed E-state index contributed by atoms with van der Waals surface area (Å²) in [7, 11) is 0. The van der Waals surface area contributed by atoms with Gasteiger partial charge in [0.05, 0.1) is 0 Å². The Balaban J connectivity index is 2.41. The number of halogens is 1. The van der Waals surface area contributed by atoms with Crippen molar-refractivity contribution >= 4 is 22.8 Å². The number of aliphatic carboxylic acids is 1. The van der Waals surface area contributed by atoms with E-state index >= 15 is 0 Å². The lowest BCUT2D eigenvalue weighted by molar-refractivity contribution is -0.138. The van der Waals surface area contributed by atoms with E-state index in [-0.39, 0.29) is 11.3 Å². The van der Waals surface area contributed by atoms with E-state index in [2.05, 4.69) is 5.32 Å². The number of aryl methyl sites for hydroxylation is 1. The molecule has 6 heteroatoms. The van der Waals surface area contributed by atoms with Crippen LogP contribution in [0.25, 0.3) is 11.0 Å². The van der Waals surface area contributed by atoms with Crippen molar-refractivity contribution in [3.05, 3.63) is 35.3 Å². The predicted molar refractivity (Wildman–Crippen MR) is 65.5 cm³/mol. The molecule has 0 fully saturated rings. The number of fused-ring (bicyclic) bond motifs is 1. The average Bonchev–Trinajstić information content (AvgIpc) is 2.68. The summed E-state index contributed by atoms with van der Waals surface area (Å²) in [5, 5.41) is 11.5. The summed E-state index contributed by atoms with van der Waals surface area (Å²) < 4.78 is 18.7. The number of carbonyl (C=O) groups is 2. The molecule has 1 aromatic carbocycles. The van der Waals surface area contributed by atoms with Gasteiger partial charge in [0.2, 0.25) is 0 Å². The topological polar surface area (TPSA) is 79.5 Å². The second-order valence-electron chi connectivity index (χ2n) is 4.21. The van der Waals surface area contributed by atoms with E-state index in [1.165, 1.54) is 19.1 Å². The molecular formula is C13H12FNO4. The van der Waals surface area contributed by atoms with E-state index in [9.17, 15) is 14.0 Å². The molecule has 0 saturated carbocycles. The van der Waals surface area contributed by atoms with Crippen molar-refractivity contribution in [1.82, 2.24) is 5.32 Å². The summed E-state index contributed by atoms with van der Waals surface area (Å²) in [5.74, 6) is -2.48. The van der Waals surface area contributed by atoms with Crippen LogP contribution in [0, 0.1) is 12.7 Å². The lowest BCUT2D eigenvalue weighted by Crippen LogP contribution is -2.38. The first-order chi connectivity index (χ1) is 8.91. The Labute approximate surface area is 108 Å². The quantitative estimate of drug-likeness (QED) is 0.890. The van der Waals surface area contributed by atoms with E-state index in [1.54, 1.807) is 13.0 Å². The van der Waals surface area contributed by atoms with Crippen molar-refractivity contribution in [2.75, 3.05) is 0 Å². The molecule has 1 atom stereocenters. The third-order valence-corrected chi connectivity index (χ3v) is 2.84. The molecule has 100 valence electrons. The first kappa shape index (κ1) is 13.1. The lowest BCUT2D eigenvalue weighted by atomic mass is 10.1.